The van der Waals surface area contributed by atoms with Crippen LogP contribution in [0.2, 0.25) is 0 Å². The summed E-state index contributed by atoms with van der Waals surface area (Å²) in [6.07, 6.45) is 0.401. The lowest BCUT2D eigenvalue weighted by Crippen LogP contribution is -2.26. The zero-order valence-corrected chi connectivity index (χ0v) is 13.1. The van der Waals surface area contributed by atoms with Gasteiger partial charge in [-0.3, -0.25) is 10.1 Å². The number of rotatable bonds is 7. The summed E-state index contributed by atoms with van der Waals surface area (Å²) in [5.41, 5.74) is 0.904. The van der Waals surface area contributed by atoms with Gasteiger partial charge in [0.25, 0.3) is 5.69 Å². The van der Waals surface area contributed by atoms with Crippen LogP contribution < -0.4 is 4.72 Å². The van der Waals surface area contributed by atoms with Gasteiger partial charge in [-0.1, -0.05) is 0 Å². The molecule has 0 amide bonds. The summed E-state index contributed by atoms with van der Waals surface area (Å²) in [5.74, 6) is 0. The summed E-state index contributed by atoms with van der Waals surface area (Å²) in [6, 6.07) is 2.57. The Morgan fingerprint density at radius 2 is 1.90 bits per heavy atom. The van der Waals surface area contributed by atoms with E-state index in [1.54, 1.807) is 20.8 Å². The van der Waals surface area contributed by atoms with Crippen LogP contribution in [0.4, 0.5) is 5.69 Å². The number of nitrogens with one attached hydrogen (secondary N) is 1. The molecule has 0 aromatic heterocycles. The predicted octanol–water partition coefficient (Wildman–Crippen LogP) is 1.65. The number of nitro groups is 1. The van der Waals surface area contributed by atoms with Crippen LogP contribution >= 0.6 is 0 Å². The number of nitrogens with zero attached hydrogens (tertiary/aromatic N) is 1. The molecule has 0 aliphatic rings. The van der Waals surface area contributed by atoms with Crippen molar-refractivity contribution in [3.05, 3.63) is 33.4 Å². The minimum absolute atomic E-state index is 0.122. The molecule has 21 heavy (non-hydrogen) atoms. The fourth-order valence-corrected chi connectivity index (χ4v) is 3.12. The van der Waals surface area contributed by atoms with Crippen molar-refractivity contribution in [2.75, 3.05) is 6.54 Å². The Morgan fingerprint density at radius 3 is 2.43 bits per heavy atom. The molecule has 7 nitrogen and oxygen atoms in total. The van der Waals surface area contributed by atoms with Gasteiger partial charge in [0.2, 0.25) is 10.0 Å². The van der Waals surface area contributed by atoms with E-state index in [-0.39, 0.29) is 11.4 Å². The topological polar surface area (TPSA) is 110 Å². The molecular weight excluding hydrogens is 296 g/mol. The molecule has 1 atom stereocenters. The number of benzene rings is 1. The molecule has 0 saturated heterocycles. The molecule has 0 aliphatic carbocycles. The number of sulfonamides is 1. The maximum atomic E-state index is 12.2. The van der Waals surface area contributed by atoms with Crippen LogP contribution in [0.15, 0.2) is 17.0 Å². The van der Waals surface area contributed by atoms with Gasteiger partial charge in [0, 0.05) is 12.6 Å². The molecule has 0 bridgehead atoms. The number of hydrogen-bond acceptors (Lipinski definition) is 5. The van der Waals surface area contributed by atoms with Gasteiger partial charge in [-0.15, -0.1) is 0 Å². The predicted molar refractivity (Wildman–Crippen MR) is 78.7 cm³/mol. The summed E-state index contributed by atoms with van der Waals surface area (Å²) in [6.45, 7) is 5.13. The number of hydrogen-bond donors (Lipinski definition) is 2. The highest BCUT2D eigenvalue weighted by atomic mass is 32.2. The third kappa shape index (κ3) is 4.76. The van der Waals surface area contributed by atoms with Crippen molar-refractivity contribution in [1.82, 2.24) is 4.72 Å². The smallest absolute Gasteiger partial charge is 0.289 e. The van der Waals surface area contributed by atoms with E-state index < -0.39 is 26.7 Å². The van der Waals surface area contributed by atoms with Crippen molar-refractivity contribution in [1.29, 1.82) is 0 Å². The van der Waals surface area contributed by atoms with Gasteiger partial charge in [0.15, 0.2) is 4.90 Å². The molecule has 0 aliphatic heterocycles. The fourth-order valence-electron chi connectivity index (χ4n) is 1.81. The van der Waals surface area contributed by atoms with Crippen LogP contribution in [-0.4, -0.2) is 31.1 Å². The van der Waals surface area contributed by atoms with E-state index in [4.69, 9.17) is 5.11 Å². The van der Waals surface area contributed by atoms with Crippen molar-refractivity contribution >= 4 is 15.7 Å². The zero-order valence-electron chi connectivity index (χ0n) is 12.3. The van der Waals surface area contributed by atoms with E-state index in [9.17, 15) is 18.5 Å². The number of aryl methyl sites for hydroxylation is 2. The molecule has 118 valence electrons. The molecule has 0 saturated carbocycles. The maximum Gasteiger partial charge on any atom is 0.289 e. The van der Waals surface area contributed by atoms with Crippen molar-refractivity contribution in [2.45, 2.75) is 44.6 Å². The summed E-state index contributed by atoms with van der Waals surface area (Å²) in [4.78, 5) is 10.0. The monoisotopic (exact) mass is 316 g/mol. The molecule has 2 N–H and O–H groups in total. The van der Waals surface area contributed by atoms with Crippen LogP contribution in [-0.2, 0) is 10.0 Å². The molecule has 0 heterocycles. The van der Waals surface area contributed by atoms with Gasteiger partial charge in [0.05, 0.1) is 11.0 Å². The van der Waals surface area contributed by atoms with Crippen LogP contribution in [0.1, 0.15) is 30.9 Å². The highest BCUT2D eigenvalue weighted by molar-refractivity contribution is 7.89. The Labute approximate surface area is 124 Å². The first-order valence-electron chi connectivity index (χ1n) is 6.58. The molecule has 0 radical (unpaired) electrons. The molecule has 1 rings (SSSR count). The molecule has 1 aromatic rings. The Kier molecular flexibility index (Phi) is 5.82. The molecule has 0 fully saturated rings. The number of aliphatic hydroxyl groups is 1. The highest BCUT2D eigenvalue weighted by Crippen LogP contribution is 2.27. The summed E-state index contributed by atoms with van der Waals surface area (Å²) >= 11 is 0. The lowest BCUT2D eigenvalue weighted by atomic mass is 10.1. The average Bonchev–Trinajstić information content (AvgIpc) is 2.37. The molecule has 1 aromatic carbocycles. The average molecular weight is 316 g/mol. The van der Waals surface area contributed by atoms with Gasteiger partial charge in [-0.05, 0) is 50.8 Å². The second-order valence-corrected chi connectivity index (χ2v) is 6.79. The van der Waals surface area contributed by atoms with Gasteiger partial charge in [0.1, 0.15) is 0 Å². The minimum atomic E-state index is -3.95. The van der Waals surface area contributed by atoms with E-state index in [0.717, 1.165) is 0 Å². The van der Waals surface area contributed by atoms with Gasteiger partial charge < -0.3 is 5.11 Å². The highest BCUT2D eigenvalue weighted by Gasteiger charge is 2.26. The van der Waals surface area contributed by atoms with E-state index >= 15 is 0 Å². The van der Waals surface area contributed by atoms with Crippen molar-refractivity contribution in [3.63, 3.8) is 0 Å². The summed E-state index contributed by atoms with van der Waals surface area (Å²) in [7, 11) is -3.95. The molecule has 8 heteroatoms. The lowest BCUT2D eigenvalue weighted by Gasteiger charge is -2.10. The molecule has 0 spiro atoms. The third-order valence-electron chi connectivity index (χ3n) is 3.15. The van der Waals surface area contributed by atoms with Gasteiger partial charge in [-0.25, -0.2) is 13.1 Å². The SMILES string of the molecule is Cc1cc([N+](=O)[O-])c(S(=O)(=O)NCCCC(C)O)cc1C. The van der Waals surface area contributed by atoms with Crippen molar-refractivity contribution < 1.29 is 18.4 Å². The minimum Gasteiger partial charge on any atom is -0.393 e. The summed E-state index contributed by atoms with van der Waals surface area (Å²) < 4.78 is 26.7. The van der Waals surface area contributed by atoms with Crippen LogP contribution in [0.5, 0.6) is 0 Å². The molecule has 1 unspecified atom stereocenters. The van der Waals surface area contributed by atoms with Crippen molar-refractivity contribution in [2.24, 2.45) is 0 Å². The first kappa shape index (κ1) is 17.5. The second-order valence-electron chi connectivity index (χ2n) is 5.05. The Morgan fingerprint density at radius 1 is 1.33 bits per heavy atom. The van der Waals surface area contributed by atoms with Crippen LogP contribution in [0, 0.1) is 24.0 Å². The van der Waals surface area contributed by atoms with Crippen LogP contribution in [0.3, 0.4) is 0 Å². The quantitative estimate of drug-likeness (QED) is 0.451. The van der Waals surface area contributed by atoms with Crippen molar-refractivity contribution in [3.8, 4) is 0 Å². The van der Waals surface area contributed by atoms with E-state index in [0.29, 0.717) is 24.0 Å². The third-order valence-corrected chi connectivity index (χ3v) is 4.64. The van der Waals surface area contributed by atoms with E-state index in [2.05, 4.69) is 4.72 Å². The van der Waals surface area contributed by atoms with E-state index in [1.165, 1.54) is 12.1 Å². The number of nitro benzene ring substituents is 1. The van der Waals surface area contributed by atoms with Gasteiger partial charge >= 0.3 is 0 Å². The maximum absolute atomic E-state index is 12.2. The largest absolute Gasteiger partial charge is 0.393 e. The Hall–Kier alpha value is -1.51. The Balaban J connectivity index is 3.02. The first-order chi connectivity index (χ1) is 9.65. The Bertz CT molecular complexity index is 626. The summed E-state index contributed by atoms with van der Waals surface area (Å²) in [5, 5.41) is 20.1. The molecular formula is C13H20N2O5S. The second kappa shape index (κ2) is 6.97. The van der Waals surface area contributed by atoms with E-state index in [1.807, 2.05) is 0 Å². The normalized spacial score (nSPS) is 13.1. The first-order valence-corrected chi connectivity index (χ1v) is 8.07. The van der Waals surface area contributed by atoms with Gasteiger partial charge in [-0.2, -0.15) is 0 Å². The number of aliphatic hydroxyl groups excluding tert-OH is 1. The fraction of sp³-hybridized carbons (Fsp3) is 0.538. The lowest BCUT2D eigenvalue weighted by molar-refractivity contribution is -0.387. The zero-order chi connectivity index (χ0) is 16.2. The van der Waals surface area contributed by atoms with Crippen LogP contribution in [0.25, 0.3) is 0 Å². The standard InChI is InChI=1S/C13H20N2O5S/c1-9-7-12(15(17)18)13(8-10(9)2)21(19,20)14-6-4-5-11(3)16/h7-8,11,14,16H,4-6H2,1-3H3.